The maximum Gasteiger partial charge on any atom is 0.326 e. The minimum atomic E-state index is -1.03. The Morgan fingerprint density at radius 2 is 2.06 bits per heavy atom. The molecule has 3 N–H and O–H groups in total. The van der Waals surface area contributed by atoms with E-state index in [4.69, 9.17) is 5.11 Å². The minimum absolute atomic E-state index is 0.357. The summed E-state index contributed by atoms with van der Waals surface area (Å²) in [5.74, 6) is -1.44. The first-order chi connectivity index (χ1) is 7.32. The van der Waals surface area contributed by atoms with Gasteiger partial charge in [0.2, 0.25) is 0 Å². The Labute approximate surface area is 93.9 Å². The van der Waals surface area contributed by atoms with E-state index in [0.29, 0.717) is 5.69 Å². The molecule has 0 saturated carbocycles. The highest BCUT2D eigenvalue weighted by molar-refractivity contribution is 5.95. The van der Waals surface area contributed by atoms with Crippen LogP contribution in [0.5, 0.6) is 0 Å². The number of carbonyl (C=O) groups is 2. The highest BCUT2D eigenvalue weighted by Gasteiger charge is 2.32. The van der Waals surface area contributed by atoms with Gasteiger partial charge in [0.05, 0.1) is 0 Å². The monoisotopic (exact) mass is 224 g/mol. The van der Waals surface area contributed by atoms with Crippen molar-refractivity contribution in [3.8, 4) is 0 Å². The molecule has 1 aromatic heterocycles. The fourth-order valence-corrected chi connectivity index (χ4v) is 1.33. The van der Waals surface area contributed by atoms with Crippen LogP contribution in [0.3, 0.4) is 0 Å². The molecule has 0 bridgehead atoms. The fraction of sp³-hybridized carbons (Fsp3) is 0.455. The van der Waals surface area contributed by atoms with Gasteiger partial charge < -0.3 is 15.4 Å². The summed E-state index contributed by atoms with van der Waals surface area (Å²) in [6, 6.07) is 2.36. The van der Waals surface area contributed by atoms with Gasteiger partial charge in [0, 0.05) is 6.20 Å². The molecule has 16 heavy (non-hydrogen) atoms. The maximum absolute atomic E-state index is 11.7. The predicted octanol–water partition coefficient (Wildman–Crippen LogP) is 1.24. The van der Waals surface area contributed by atoms with Gasteiger partial charge in [-0.05, 0) is 17.5 Å². The Morgan fingerprint density at radius 3 is 2.44 bits per heavy atom. The van der Waals surface area contributed by atoms with Crippen molar-refractivity contribution in [2.24, 2.45) is 5.41 Å². The SMILES string of the molecule is CC(C)(C)C(NC(=O)c1ccc[nH]1)C(=O)O. The van der Waals surface area contributed by atoms with Gasteiger partial charge in [-0.3, -0.25) is 4.79 Å². The molecule has 0 fully saturated rings. The molecule has 1 unspecified atom stereocenters. The second-order valence-electron chi connectivity index (χ2n) is 4.69. The van der Waals surface area contributed by atoms with E-state index in [1.807, 2.05) is 0 Å². The van der Waals surface area contributed by atoms with E-state index in [-0.39, 0.29) is 0 Å². The first kappa shape index (κ1) is 12.3. The molecule has 1 amide bonds. The molecule has 1 rings (SSSR count). The lowest BCUT2D eigenvalue weighted by Crippen LogP contribution is -2.49. The number of carboxylic acids is 1. The van der Waals surface area contributed by atoms with Crippen molar-refractivity contribution < 1.29 is 14.7 Å². The largest absolute Gasteiger partial charge is 0.480 e. The Hall–Kier alpha value is -1.78. The molecule has 0 saturated heterocycles. The number of H-pyrrole nitrogens is 1. The van der Waals surface area contributed by atoms with E-state index < -0.39 is 23.3 Å². The molecular formula is C11H16N2O3. The lowest BCUT2D eigenvalue weighted by atomic mass is 9.86. The molecule has 0 aliphatic rings. The smallest absolute Gasteiger partial charge is 0.326 e. The zero-order chi connectivity index (χ0) is 12.3. The highest BCUT2D eigenvalue weighted by atomic mass is 16.4. The first-order valence-corrected chi connectivity index (χ1v) is 4.99. The number of aliphatic carboxylic acids is 1. The van der Waals surface area contributed by atoms with Crippen molar-refractivity contribution in [1.29, 1.82) is 0 Å². The molecule has 0 aromatic carbocycles. The highest BCUT2D eigenvalue weighted by Crippen LogP contribution is 2.19. The van der Waals surface area contributed by atoms with Crippen molar-refractivity contribution in [2.45, 2.75) is 26.8 Å². The summed E-state index contributed by atoms with van der Waals surface area (Å²) in [5, 5.41) is 11.5. The average molecular weight is 224 g/mol. The van der Waals surface area contributed by atoms with E-state index >= 15 is 0 Å². The second kappa shape index (κ2) is 4.38. The topological polar surface area (TPSA) is 82.2 Å². The van der Waals surface area contributed by atoms with Crippen LogP contribution in [-0.2, 0) is 4.79 Å². The van der Waals surface area contributed by atoms with Crippen LogP contribution in [0.1, 0.15) is 31.3 Å². The Kier molecular flexibility index (Phi) is 3.37. The van der Waals surface area contributed by atoms with Crippen LogP contribution in [0.15, 0.2) is 18.3 Å². The van der Waals surface area contributed by atoms with Crippen LogP contribution in [0.25, 0.3) is 0 Å². The molecule has 1 aromatic rings. The third-order valence-electron chi connectivity index (χ3n) is 2.23. The summed E-state index contributed by atoms with van der Waals surface area (Å²) in [5.41, 5.74) is -0.177. The van der Waals surface area contributed by atoms with Crippen LogP contribution in [0.4, 0.5) is 0 Å². The first-order valence-electron chi connectivity index (χ1n) is 4.99. The number of hydrogen-bond donors (Lipinski definition) is 3. The van der Waals surface area contributed by atoms with Gasteiger partial charge >= 0.3 is 5.97 Å². The second-order valence-corrected chi connectivity index (χ2v) is 4.69. The number of hydrogen-bond acceptors (Lipinski definition) is 2. The fourth-order valence-electron chi connectivity index (χ4n) is 1.33. The standard InChI is InChI=1S/C11H16N2O3/c1-11(2,3)8(10(15)16)13-9(14)7-5-4-6-12-7/h4-6,8,12H,1-3H3,(H,13,14)(H,15,16). The van der Waals surface area contributed by atoms with E-state index in [2.05, 4.69) is 10.3 Å². The summed E-state index contributed by atoms with van der Waals surface area (Å²) in [4.78, 5) is 25.4. The third-order valence-corrected chi connectivity index (χ3v) is 2.23. The van der Waals surface area contributed by atoms with Crippen LogP contribution >= 0.6 is 0 Å². The van der Waals surface area contributed by atoms with Gasteiger partial charge in [-0.2, -0.15) is 0 Å². The summed E-state index contributed by atoms with van der Waals surface area (Å²) in [7, 11) is 0. The molecular weight excluding hydrogens is 208 g/mol. The number of carboxylic acid groups (broad SMARTS) is 1. The number of carbonyl (C=O) groups excluding carboxylic acids is 1. The summed E-state index contributed by atoms with van der Waals surface area (Å²) >= 11 is 0. The maximum atomic E-state index is 11.7. The minimum Gasteiger partial charge on any atom is -0.480 e. The summed E-state index contributed by atoms with van der Waals surface area (Å²) in [6.45, 7) is 5.29. The Bertz CT molecular complexity index is 376. The molecule has 0 radical (unpaired) electrons. The summed E-state index contributed by atoms with van der Waals surface area (Å²) < 4.78 is 0. The van der Waals surface area contributed by atoms with Crippen molar-refractivity contribution in [1.82, 2.24) is 10.3 Å². The van der Waals surface area contributed by atoms with Gasteiger partial charge in [0.25, 0.3) is 5.91 Å². The molecule has 0 spiro atoms. The molecule has 1 atom stereocenters. The van der Waals surface area contributed by atoms with E-state index in [1.165, 1.54) is 0 Å². The van der Waals surface area contributed by atoms with E-state index in [0.717, 1.165) is 0 Å². The number of aromatic amines is 1. The van der Waals surface area contributed by atoms with Crippen LogP contribution in [0, 0.1) is 5.41 Å². The van der Waals surface area contributed by atoms with Gasteiger partial charge in [-0.25, -0.2) is 4.79 Å². The zero-order valence-electron chi connectivity index (χ0n) is 9.57. The number of amides is 1. The Balaban J connectivity index is 2.78. The predicted molar refractivity (Wildman–Crippen MR) is 59.1 cm³/mol. The molecule has 5 heteroatoms. The quantitative estimate of drug-likeness (QED) is 0.722. The normalized spacial score (nSPS) is 13.2. The lowest BCUT2D eigenvalue weighted by Gasteiger charge is -2.27. The van der Waals surface area contributed by atoms with Gasteiger partial charge in [0.15, 0.2) is 0 Å². The van der Waals surface area contributed by atoms with Crippen molar-refractivity contribution in [3.63, 3.8) is 0 Å². The number of rotatable bonds is 3. The van der Waals surface area contributed by atoms with Crippen molar-refractivity contribution >= 4 is 11.9 Å². The number of aromatic nitrogens is 1. The summed E-state index contributed by atoms with van der Waals surface area (Å²) in [6.07, 6.45) is 1.61. The third kappa shape index (κ3) is 2.85. The molecule has 0 aliphatic heterocycles. The van der Waals surface area contributed by atoms with Crippen LogP contribution < -0.4 is 5.32 Å². The van der Waals surface area contributed by atoms with E-state index in [1.54, 1.807) is 39.1 Å². The number of nitrogens with one attached hydrogen (secondary N) is 2. The van der Waals surface area contributed by atoms with Crippen LogP contribution in [-0.4, -0.2) is 28.0 Å². The van der Waals surface area contributed by atoms with Gasteiger partial charge in [-0.15, -0.1) is 0 Å². The van der Waals surface area contributed by atoms with Crippen molar-refractivity contribution in [3.05, 3.63) is 24.0 Å². The molecule has 0 aliphatic carbocycles. The zero-order valence-corrected chi connectivity index (χ0v) is 9.57. The molecule has 88 valence electrons. The van der Waals surface area contributed by atoms with E-state index in [9.17, 15) is 9.59 Å². The molecule has 1 heterocycles. The Morgan fingerprint density at radius 1 is 1.44 bits per heavy atom. The van der Waals surface area contributed by atoms with Crippen molar-refractivity contribution in [2.75, 3.05) is 0 Å². The van der Waals surface area contributed by atoms with Gasteiger partial charge in [-0.1, -0.05) is 20.8 Å². The lowest BCUT2D eigenvalue weighted by molar-refractivity contribution is -0.142. The van der Waals surface area contributed by atoms with Gasteiger partial charge in [0.1, 0.15) is 11.7 Å². The van der Waals surface area contributed by atoms with Crippen LogP contribution in [0.2, 0.25) is 0 Å². The average Bonchev–Trinajstić information content (AvgIpc) is 2.63. The molecule has 5 nitrogen and oxygen atoms in total.